The van der Waals surface area contributed by atoms with Crippen molar-refractivity contribution in [2.24, 2.45) is 0 Å². The van der Waals surface area contributed by atoms with E-state index in [4.69, 9.17) is 0 Å². The van der Waals surface area contributed by atoms with Crippen molar-refractivity contribution in [1.29, 1.82) is 0 Å². The smallest absolute Gasteiger partial charge is 0.175 e. The molecule has 0 unspecified atom stereocenters. The molecule has 0 aliphatic heterocycles. The SMILES string of the molecule is CC.CCc1ccc(S(C)(=O)=O)cc1C1CC1. The molecule has 1 aromatic rings. The Morgan fingerprint density at radius 3 is 2.24 bits per heavy atom. The lowest BCUT2D eigenvalue weighted by molar-refractivity contribution is 0.601. The predicted octanol–water partition coefficient (Wildman–Crippen LogP) is 3.56. The van der Waals surface area contributed by atoms with E-state index in [2.05, 4.69) is 6.92 Å². The van der Waals surface area contributed by atoms with Crippen LogP contribution in [-0.4, -0.2) is 14.7 Å². The highest BCUT2D eigenvalue weighted by Crippen LogP contribution is 2.42. The minimum absolute atomic E-state index is 0.460. The molecule has 0 atom stereocenters. The molecule has 0 bridgehead atoms. The fraction of sp³-hybridized carbons (Fsp3) is 0.571. The van der Waals surface area contributed by atoms with Crippen LogP contribution in [0.1, 0.15) is 50.7 Å². The van der Waals surface area contributed by atoms with Gasteiger partial charge in [0.25, 0.3) is 0 Å². The van der Waals surface area contributed by atoms with E-state index in [-0.39, 0.29) is 0 Å². The highest BCUT2D eigenvalue weighted by Gasteiger charge is 2.26. The highest BCUT2D eigenvalue weighted by molar-refractivity contribution is 7.90. The van der Waals surface area contributed by atoms with Gasteiger partial charge in [-0.1, -0.05) is 26.8 Å². The Hall–Kier alpha value is -0.830. The van der Waals surface area contributed by atoms with Gasteiger partial charge in [0.2, 0.25) is 0 Å². The molecule has 0 heterocycles. The summed E-state index contributed by atoms with van der Waals surface area (Å²) in [5.74, 6) is 0.613. The van der Waals surface area contributed by atoms with Gasteiger partial charge in [0.15, 0.2) is 9.84 Å². The summed E-state index contributed by atoms with van der Waals surface area (Å²) < 4.78 is 22.9. The van der Waals surface area contributed by atoms with Crippen LogP contribution in [0.2, 0.25) is 0 Å². The van der Waals surface area contributed by atoms with E-state index < -0.39 is 9.84 Å². The molecular weight excluding hydrogens is 232 g/mol. The Balaban J connectivity index is 0.000000686. The number of benzene rings is 1. The third-order valence-electron chi connectivity index (χ3n) is 2.94. The molecule has 1 aromatic carbocycles. The first-order valence-corrected chi connectivity index (χ1v) is 8.24. The maximum Gasteiger partial charge on any atom is 0.175 e. The normalized spacial score (nSPS) is 15.1. The van der Waals surface area contributed by atoms with Crippen molar-refractivity contribution in [2.75, 3.05) is 6.26 Å². The Kier molecular flexibility index (Phi) is 4.75. The van der Waals surface area contributed by atoms with Gasteiger partial charge in [-0.25, -0.2) is 8.42 Å². The summed E-state index contributed by atoms with van der Waals surface area (Å²) in [6.45, 7) is 6.11. The molecule has 2 nitrogen and oxygen atoms in total. The minimum Gasteiger partial charge on any atom is -0.224 e. The van der Waals surface area contributed by atoms with Crippen molar-refractivity contribution >= 4 is 9.84 Å². The molecular formula is C14H22O2S. The second-order valence-electron chi connectivity index (χ2n) is 4.26. The lowest BCUT2D eigenvalue weighted by atomic mass is 10.0. The molecule has 1 aliphatic carbocycles. The lowest BCUT2D eigenvalue weighted by Gasteiger charge is -2.08. The van der Waals surface area contributed by atoms with Gasteiger partial charge in [-0.05, 0) is 48.4 Å². The van der Waals surface area contributed by atoms with Crippen LogP contribution in [0.15, 0.2) is 23.1 Å². The lowest BCUT2D eigenvalue weighted by Crippen LogP contribution is -2.00. The van der Waals surface area contributed by atoms with Gasteiger partial charge in [-0.15, -0.1) is 0 Å². The summed E-state index contributed by atoms with van der Waals surface area (Å²) in [5.41, 5.74) is 2.55. The summed E-state index contributed by atoms with van der Waals surface area (Å²) >= 11 is 0. The monoisotopic (exact) mass is 254 g/mol. The predicted molar refractivity (Wildman–Crippen MR) is 72.3 cm³/mol. The maximum atomic E-state index is 11.4. The van der Waals surface area contributed by atoms with E-state index in [1.807, 2.05) is 26.0 Å². The Morgan fingerprint density at radius 2 is 1.82 bits per heavy atom. The summed E-state index contributed by atoms with van der Waals surface area (Å²) in [6, 6.07) is 5.55. The van der Waals surface area contributed by atoms with Gasteiger partial charge >= 0.3 is 0 Å². The first-order valence-electron chi connectivity index (χ1n) is 6.35. The zero-order valence-corrected chi connectivity index (χ0v) is 12.0. The van der Waals surface area contributed by atoms with Crippen LogP contribution >= 0.6 is 0 Å². The summed E-state index contributed by atoms with van der Waals surface area (Å²) in [6.07, 6.45) is 4.67. The second-order valence-corrected chi connectivity index (χ2v) is 6.28. The number of hydrogen-bond acceptors (Lipinski definition) is 2. The molecule has 0 N–H and O–H groups in total. The van der Waals surface area contributed by atoms with Gasteiger partial charge in [-0.2, -0.15) is 0 Å². The Bertz CT molecular complexity index is 471. The van der Waals surface area contributed by atoms with Crippen LogP contribution in [0.25, 0.3) is 0 Å². The average Bonchev–Trinajstić information content (AvgIpc) is 3.13. The third kappa shape index (κ3) is 3.56. The first kappa shape index (κ1) is 14.2. The van der Waals surface area contributed by atoms with Gasteiger partial charge in [0, 0.05) is 6.26 Å². The van der Waals surface area contributed by atoms with Gasteiger partial charge in [-0.3, -0.25) is 0 Å². The van der Waals surface area contributed by atoms with Crippen LogP contribution in [0.4, 0.5) is 0 Å². The van der Waals surface area contributed by atoms with Crippen molar-refractivity contribution in [3.05, 3.63) is 29.3 Å². The fourth-order valence-electron chi connectivity index (χ4n) is 1.90. The van der Waals surface area contributed by atoms with Gasteiger partial charge in [0.05, 0.1) is 4.90 Å². The standard InChI is InChI=1S/C12H16O2S.C2H6/c1-3-9-6-7-11(15(2,13)14)8-12(9)10-4-5-10;1-2/h6-8,10H,3-5H2,1-2H3;1-2H3. The van der Waals surface area contributed by atoms with Crippen molar-refractivity contribution in [3.8, 4) is 0 Å². The van der Waals surface area contributed by atoms with E-state index in [9.17, 15) is 8.42 Å². The number of hydrogen-bond donors (Lipinski definition) is 0. The van der Waals surface area contributed by atoms with E-state index in [0.29, 0.717) is 10.8 Å². The molecule has 0 spiro atoms. The van der Waals surface area contributed by atoms with Gasteiger partial charge in [0.1, 0.15) is 0 Å². The summed E-state index contributed by atoms with van der Waals surface area (Å²) in [5, 5.41) is 0. The van der Waals surface area contributed by atoms with E-state index in [0.717, 1.165) is 6.42 Å². The van der Waals surface area contributed by atoms with Crippen molar-refractivity contribution in [1.82, 2.24) is 0 Å². The molecule has 2 rings (SSSR count). The van der Waals surface area contributed by atoms with Crippen LogP contribution in [0.5, 0.6) is 0 Å². The van der Waals surface area contributed by atoms with Crippen LogP contribution in [0, 0.1) is 0 Å². The zero-order chi connectivity index (χ0) is 13.1. The Labute approximate surface area is 105 Å². The quantitative estimate of drug-likeness (QED) is 0.826. The van der Waals surface area contributed by atoms with Crippen LogP contribution in [0.3, 0.4) is 0 Å². The minimum atomic E-state index is -3.06. The molecule has 0 radical (unpaired) electrons. The van der Waals surface area contributed by atoms with E-state index in [1.54, 1.807) is 6.07 Å². The molecule has 96 valence electrons. The largest absolute Gasteiger partial charge is 0.224 e. The summed E-state index contributed by atoms with van der Waals surface area (Å²) in [7, 11) is -3.06. The molecule has 0 aromatic heterocycles. The maximum absolute atomic E-state index is 11.4. The molecule has 0 amide bonds. The number of rotatable bonds is 3. The van der Waals surface area contributed by atoms with Crippen molar-refractivity contribution in [2.45, 2.75) is 50.8 Å². The third-order valence-corrected chi connectivity index (χ3v) is 4.05. The molecule has 0 saturated heterocycles. The van der Waals surface area contributed by atoms with Gasteiger partial charge < -0.3 is 0 Å². The first-order chi connectivity index (χ1) is 8.02. The van der Waals surface area contributed by atoms with Crippen LogP contribution in [-0.2, 0) is 16.3 Å². The van der Waals surface area contributed by atoms with Crippen molar-refractivity contribution in [3.63, 3.8) is 0 Å². The summed E-state index contributed by atoms with van der Waals surface area (Å²) in [4.78, 5) is 0.460. The highest BCUT2D eigenvalue weighted by atomic mass is 32.2. The van der Waals surface area contributed by atoms with Crippen LogP contribution < -0.4 is 0 Å². The molecule has 3 heteroatoms. The number of aryl methyl sites for hydroxylation is 1. The topological polar surface area (TPSA) is 34.1 Å². The Morgan fingerprint density at radius 1 is 1.24 bits per heavy atom. The van der Waals surface area contributed by atoms with Crippen molar-refractivity contribution < 1.29 is 8.42 Å². The zero-order valence-electron chi connectivity index (χ0n) is 11.2. The molecule has 1 saturated carbocycles. The molecule has 17 heavy (non-hydrogen) atoms. The molecule has 1 aliphatic rings. The fourth-order valence-corrected chi connectivity index (χ4v) is 2.56. The number of sulfone groups is 1. The van der Waals surface area contributed by atoms with E-state index in [1.165, 1.54) is 30.2 Å². The second kappa shape index (κ2) is 5.67. The molecule has 1 fully saturated rings. The van der Waals surface area contributed by atoms with E-state index >= 15 is 0 Å². The average molecular weight is 254 g/mol.